The van der Waals surface area contributed by atoms with E-state index in [1.165, 1.54) is 25.3 Å². The zero-order valence-corrected chi connectivity index (χ0v) is 20.3. The van der Waals surface area contributed by atoms with E-state index >= 15 is 0 Å². The molecule has 3 heterocycles. The Morgan fingerprint density at radius 1 is 1.14 bits per heavy atom. The molecule has 0 bridgehead atoms. The van der Waals surface area contributed by atoms with Gasteiger partial charge in [0.1, 0.15) is 11.2 Å². The Labute approximate surface area is 213 Å². The van der Waals surface area contributed by atoms with Crippen LogP contribution in [0.4, 0.5) is 20.4 Å². The maximum Gasteiger partial charge on any atom is 0.284 e. The number of alkyl halides is 2. The van der Waals surface area contributed by atoms with Crippen LogP contribution in [0.5, 0.6) is 0 Å². The van der Waals surface area contributed by atoms with E-state index in [0.29, 0.717) is 25.2 Å². The third kappa shape index (κ3) is 4.38. The van der Waals surface area contributed by atoms with Gasteiger partial charge in [0.25, 0.3) is 12.0 Å². The minimum atomic E-state index is -3.03. The van der Waals surface area contributed by atoms with Crippen LogP contribution in [-0.4, -0.2) is 37.1 Å². The quantitative estimate of drug-likeness (QED) is 0.396. The average Bonchev–Trinajstić information content (AvgIpc) is 2.84. The van der Waals surface area contributed by atoms with Crippen molar-refractivity contribution in [1.29, 1.82) is 0 Å². The van der Waals surface area contributed by atoms with Crippen molar-refractivity contribution in [1.82, 2.24) is 24.6 Å². The first kappa shape index (κ1) is 24.1. The molecule has 8 nitrogen and oxygen atoms in total. The lowest BCUT2D eigenvalue weighted by Gasteiger charge is -2.28. The summed E-state index contributed by atoms with van der Waals surface area (Å²) in [4.78, 5) is 34.9. The monoisotopic (exact) mass is 530 g/mol. The Bertz CT molecular complexity index is 1560. The zero-order valence-electron chi connectivity index (χ0n) is 18.8. The lowest BCUT2D eigenvalue weighted by Crippen LogP contribution is -2.34. The summed E-state index contributed by atoms with van der Waals surface area (Å²) in [7, 11) is 0. The number of nitrogens with one attached hydrogen (secondary N) is 1. The summed E-state index contributed by atoms with van der Waals surface area (Å²) < 4.78 is 28.8. The zero-order chi connectivity index (χ0) is 25.6. The normalized spacial score (nSPS) is 13.2. The Morgan fingerprint density at radius 3 is 2.58 bits per heavy atom. The summed E-state index contributed by atoms with van der Waals surface area (Å²) in [6.45, 7) is 2.68. The topological polar surface area (TPSA) is 93.0 Å². The molecule has 0 fully saturated rings. The highest BCUT2D eigenvalue weighted by Gasteiger charge is 2.23. The van der Waals surface area contributed by atoms with Crippen LogP contribution in [0.2, 0.25) is 10.0 Å². The maximum atomic E-state index is 14.0. The molecule has 1 amide bonds. The second-order valence-corrected chi connectivity index (χ2v) is 9.04. The molecule has 0 radical (unpaired) electrons. The number of hydrogen-bond donors (Lipinski definition) is 1. The van der Waals surface area contributed by atoms with Crippen molar-refractivity contribution < 1.29 is 13.6 Å². The molecule has 0 atom stereocenters. The number of amides is 1. The van der Waals surface area contributed by atoms with Crippen LogP contribution >= 0.6 is 23.2 Å². The van der Waals surface area contributed by atoms with Gasteiger partial charge in [-0.25, -0.2) is 18.7 Å². The summed E-state index contributed by atoms with van der Waals surface area (Å²) in [5.74, 6) is 0.0481. The first-order valence-corrected chi connectivity index (χ1v) is 11.7. The standard InChI is InChI=1S/C24H18Cl2F2N6O2/c1-12(35)33-8-7-13-9-15(6-5-14(13)11-33)30-24-29-10-16-19(31-24)20(22(27)28)32-34(23(16)36)21-17(25)3-2-4-18(21)26/h2-6,9-10,22H,7-8,11H2,1H3,(H,29,30,31). The third-order valence-corrected chi connectivity index (χ3v) is 6.55. The molecule has 0 saturated heterocycles. The first-order chi connectivity index (χ1) is 17.2. The Balaban J connectivity index is 1.54. The SMILES string of the molecule is CC(=O)N1CCc2cc(Nc3ncc4c(=O)n(-c5c(Cl)cccc5Cl)nc(C(F)F)c4n3)ccc2C1. The van der Waals surface area contributed by atoms with Crippen LogP contribution in [0.25, 0.3) is 16.6 Å². The van der Waals surface area contributed by atoms with E-state index in [4.69, 9.17) is 23.2 Å². The van der Waals surface area contributed by atoms with Crippen LogP contribution in [0.3, 0.4) is 0 Å². The van der Waals surface area contributed by atoms with Gasteiger partial charge in [-0.2, -0.15) is 9.78 Å². The van der Waals surface area contributed by atoms with Crippen molar-refractivity contribution >= 4 is 51.6 Å². The molecule has 2 aromatic carbocycles. The lowest BCUT2D eigenvalue weighted by atomic mass is 9.99. The van der Waals surface area contributed by atoms with E-state index in [0.717, 1.165) is 15.8 Å². The Kier molecular flexibility index (Phi) is 6.31. The van der Waals surface area contributed by atoms with Crippen molar-refractivity contribution in [2.45, 2.75) is 26.3 Å². The number of anilines is 2. The molecule has 0 unspecified atom stereocenters. The number of hydrogen-bond acceptors (Lipinski definition) is 6. The average molecular weight is 531 g/mol. The predicted molar refractivity (Wildman–Crippen MR) is 132 cm³/mol. The molecule has 36 heavy (non-hydrogen) atoms. The van der Waals surface area contributed by atoms with E-state index in [-0.39, 0.29) is 38.5 Å². The van der Waals surface area contributed by atoms with Crippen molar-refractivity contribution in [2.75, 3.05) is 11.9 Å². The molecule has 0 aliphatic carbocycles. The summed E-state index contributed by atoms with van der Waals surface area (Å²) in [6.07, 6.45) is -1.17. The molecule has 5 rings (SSSR count). The fourth-order valence-corrected chi connectivity index (χ4v) is 4.68. The Morgan fingerprint density at radius 2 is 1.89 bits per heavy atom. The molecule has 1 N–H and O–H groups in total. The lowest BCUT2D eigenvalue weighted by molar-refractivity contribution is -0.129. The number of nitrogens with zero attached hydrogens (tertiary/aromatic N) is 5. The number of para-hydroxylation sites is 1. The maximum absolute atomic E-state index is 14.0. The molecule has 1 aliphatic rings. The molecule has 1 aliphatic heterocycles. The predicted octanol–water partition coefficient (Wildman–Crippen LogP) is 5.07. The number of fused-ring (bicyclic) bond motifs is 2. The highest BCUT2D eigenvalue weighted by molar-refractivity contribution is 6.37. The number of benzene rings is 2. The van der Waals surface area contributed by atoms with Gasteiger partial charge in [-0.05, 0) is 41.8 Å². The van der Waals surface area contributed by atoms with E-state index in [1.54, 1.807) is 17.0 Å². The number of carbonyl (C=O) groups is 1. The summed E-state index contributed by atoms with van der Waals surface area (Å²) >= 11 is 12.4. The second kappa shape index (κ2) is 9.44. The van der Waals surface area contributed by atoms with Gasteiger partial charge in [0.15, 0.2) is 5.69 Å². The number of carbonyl (C=O) groups excluding carboxylic acids is 1. The number of rotatable bonds is 4. The molecule has 0 spiro atoms. The number of halogens is 4. The van der Waals surface area contributed by atoms with Gasteiger partial charge < -0.3 is 10.2 Å². The third-order valence-electron chi connectivity index (χ3n) is 5.94. The van der Waals surface area contributed by atoms with Crippen molar-refractivity contribution in [3.8, 4) is 5.69 Å². The molecule has 184 valence electrons. The van der Waals surface area contributed by atoms with Gasteiger partial charge in [-0.1, -0.05) is 35.3 Å². The fraction of sp³-hybridized carbons (Fsp3) is 0.208. The molecule has 4 aromatic rings. The van der Waals surface area contributed by atoms with Gasteiger partial charge in [-0.3, -0.25) is 9.59 Å². The van der Waals surface area contributed by atoms with Crippen molar-refractivity contribution in [3.05, 3.63) is 79.8 Å². The summed E-state index contributed by atoms with van der Waals surface area (Å²) in [5, 5.41) is 6.86. The molecular formula is C24H18Cl2F2N6O2. The van der Waals surface area contributed by atoms with E-state index in [9.17, 15) is 18.4 Å². The largest absolute Gasteiger partial charge is 0.338 e. The summed E-state index contributed by atoms with van der Waals surface area (Å²) in [6, 6.07) is 10.1. The van der Waals surface area contributed by atoms with Gasteiger partial charge in [0.05, 0.1) is 15.4 Å². The van der Waals surface area contributed by atoms with Crippen LogP contribution in [-0.2, 0) is 17.8 Å². The minimum absolute atomic E-state index is 0.00534. The van der Waals surface area contributed by atoms with Gasteiger partial charge in [-0.15, -0.1) is 0 Å². The molecule has 0 saturated carbocycles. The van der Waals surface area contributed by atoms with Gasteiger partial charge >= 0.3 is 0 Å². The first-order valence-electron chi connectivity index (χ1n) is 10.9. The van der Waals surface area contributed by atoms with E-state index < -0.39 is 17.7 Å². The van der Waals surface area contributed by atoms with E-state index in [1.807, 2.05) is 12.1 Å². The van der Waals surface area contributed by atoms with Gasteiger partial charge in [0.2, 0.25) is 11.9 Å². The minimum Gasteiger partial charge on any atom is -0.338 e. The van der Waals surface area contributed by atoms with Crippen LogP contribution in [0.1, 0.15) is 30.2 Å². The fourth-order valence-electron chi connectivity index (χ4n) is 4.13. The van der Waals surface area contributed by atoms with Crippen LogP contribution in [0.15, 0.2) is 47.4 Å². The van der Waals surface area contributed by atoms with Crippen molar-refractivity contribution in [2.24, 2.45) is 0 Å². The van der Waals surface area contributed by atoms with Gasteiger partial charge in [0, 0.05) is 31.9 Å². The van der Waals surface area contributed by atoms with Crippen LogP contribution < -0.4 is 10.9 Å². The molecule has 2 aromatic heterocycles. The second-order valence-electron chi connectivity index (χ2n) is 8.23. The number of aromatic nitrogens is 4. The van der Waals surface area contributed by atoms with Crippen LogP contribution in [0, 0.1) is 0 Å². The molecular weight excluding hydrogens is 513 g/mol. The van der Waals surface area contributed by atoms with E-state index in [2.05, 4.69) is 20.4 Å². The highest BCUT2D eigenvalue weighted by atomic mass is 35.5. The highest BCUT2D eigenvalue weighted by Crippen LogP contribution is 2.30. The Hall–Kier alpha value is -3.63. The van der Waals surface area contributed by atoms with Crippen molar-refractivity contribution in [3.63, 3.8) is 0 Å². The molecule has 12 heteroatoms. The summed E-state index contributed by atoms with van der Waals surface area (Å²) in [5.41, 5.74) is 1.01. The smallest absolute Gasteiger partial charge is 0.284 e.